The minimum Gasteiger partial charge on any atom is -0.320 e. The number of hydrazine groups is 1. The molecular formula is C16H21ClN5O+. The molecule has 2 heterocycles. The van der Waals surface area contributed by atoms with Gasteiger partial charge in [-0.15, -0.1) is 12.4 Å². The molecule has 122 valence electrons. The minimum atomic E-state index is -0.183. The van der Waals surface area contributed by atoms with Gasteiger partial charge < -0.3 is 5.32 Å². The SMILES string of the molecule is CC(C)NN1C=CC2=NC(C(=O)Nc3ccccc3)=C[NH+]2C1.Cl. The van der Waals surface area contributed by atoms with Gasteiger partial charge in [-0.1, -0.05) is 18.2 Å². The first kappa shape index (κ1) is 17.2. The van der Waals surface area contributed by atoms with Gasteiger partial charge >= 0.3 is 0 Å². The van der Waals surface area contributed by atoms with Crippen LogP contribution in [0.5, 0.6) is 0 Å². The number of anilines is 1. The Morgan fingerprint density at radius 1 is 1.30 bits per heavy atom. The van der Waals surface area contributed by atoms with Crippen LogP contribution in [0, 0.1) is 0 Å². The molecule has 0 saturated carbocycles. The maximum atomic E-state index is 12.3. The number of quaternary nitrogens is 1. The molecule has 0 bridgehead atoms. The molecule has 3 rings (SSSR count). The number of fused-ring (bicyclic) bond motifs is 1. The molecular weight excluding hydrogens is 314 g/mol. The molecule has 0 radical (unpaired) electrons. The van der Waals surface area contributed by atoms with E-state index in [2.05, 4.69) is 29.6 Å². The predicted octanol–water partition coefficient (Wildman–Crippen LogP) is 0.885. The molecule has 1 atom stereocenters. The number of hydrogen-bond donors (Lipinski definition) is 3. The van der Waals surface area contributed by atoms with Gasteiger partial charge in [0.1, 0.15) is 6.20 Å². The molecule has 2 aliphatic rings. The molecule has 0 fully saturated rings. The van der Waals surface area contributed by atoms with E-state index < -0.39 is 0 Å². The van der Waals surface area contributed by atoms with Gasteiger partial charge in [0.05, 0.1) is 0 Å². The van der Waals surface area contributed by atoms with E-state index in [1.165, 1.54) is 0 Å². The molecule has 2 aliphatic heterocycles. The highest BCUT2D eigenvalue weighted by molar-refractivity contribution is 6.06. The lowest BCUT2D eigenvalue weighted by Crippen LogP contribution is -3.11. The van der Waals surface area contributed by atoms with Crippen LogP contribution >= 0.6 is 12.4 Å². The fourth-order valence-corrected chi connectivity index (χ4v) is 2.39. The lowest BCUT2D eigenvalue weighted by molar-refractivity contribution is -0.759. The number of halogens is 1. The van der Waals surface area contributed by atoms with Crippen molar-refractivity contribution in [3.63, 3.8) is 0 Å². The molecule has 1 amide bonds. The summed E-state index contributed by atoms with van der Waals surface area (Å²) in [5.41, 5.74) is 4.54. The van der Waals surface area contributed by atoms with Crippen LogP contribution in [-0.2, 0) is 4.79 Å². The second-order valence-corrected chi connectivity index (χ2v) is 5.60. The molecule has 0 aromatic heterocycles. The zero-order valence-corrected chi connectivity index (χ0v) is 13.9. The van der Waals surface area contributed by atoms with Gasteiger partial charge in [-0.05, 0) is 26.0 Å². The first-order valence-corrected chi connectivity index (χ1v) is 7.36. The lowest BCUT2D eigenvalue weighted by atomic mass is 10.3. The number of carbonyl (C=O) groups is 1. The summed E-state index contributed by atoms with van der Waals surface area (Å²) in [4.78, 5) is 17.7. The lowest BCUT2D eigenvalue weighted by Gasteiger charge is -2.28. The van der Waals surface area contributed by atoms with Crippen molar-refractivity contribution >= 4 is 29.8 Å². The Bertz CT molecular complexity index is 654. The van der Waals surface area contributed by atoms with Crippen molar-refractivity contribution in [2.24, 2.45) is 4.99 Å². The monoisotopic (exact) mass is 334 g/mol. The molecule has 23 heavy (non-hydrogen) atoms. The van der Waals surface area contributed by atoms with E-state index in [0.717, 1.165) is 16.4 Å². The fourth-order valence-electron chi connectivity index (χ4n) is 2.39. The van der Waals surface area contributed by atoms with Crippen molar-refractivity contribution in [1.29, 1.82) is 0 Å². The summed E-state index contributed by atoms with van der Waals surface area (Å²) >= 11 is 0. The standard InChI is InChI=1S/C16H19N5O.ClH/c1-12(2)19-21-9-8-15-18-14(10-20(15)11-21)16(22)17-13-6-4-3-5-7-13;/h3-10,12,19H,11H2,1-2H3,(H,17,22);1H/p+1. The third-order valence-electron chi connectivity index (χ3n) is 3.32. The van der Waals surface area contributed by atoms with Crippen molar-refractivity contribution in [2.75, 3.05) is 12.0 Å². The first-order valence-electron chi connectivity index (χ1n) is 7.36. The molecule has 6 nitrogen and oxygen atoms in total. The summed E-state index contributed by atoms with van der Waals surface area (Å²) in [5.74, 6) is 0.678. The van der Waals surface area contributed by atoms with Gasteiger partial charge in [-0.2, -0.15) is 4.99 Å². The highest BCUT2D eigenvalue weighted by Gasteiger charge is 2.29. The van der Waals surface area contributed by atoms with Crippen LogP contribution < -0.4 is 15.6 Å². The van der Waals surface area contributed by atoms with Crippen molar-refractivity contribution < 1.29 is 9.69 Å². The summed E-state index contributed by atoms with van der Waals surface area (Å²) in [6.45, 7) is 4.88. The molecule has 0 aliphatic carbocycles. The van der Waals surface area contributed by atoms with Crippen LogP contribution in [0.3, 0.4) is 0 Å². The molecule has 1 aromatic rings. The molecule has 1 aromatic carbocycles. The van der Waals surface area contributed by atoms with Gasteiger partial charge in [0.25, 0.3) is 5.91 Å². The summed E-state index contributed by atoms with van der Waals surface area (Å²) in [7, 11) is 0. The summed E-state index contributed by atoms with van der Waals surface area (Å²) < 4.78 is 0. The van der Waals surface area contributed by atoms with Crippen LogP contribution in [0.25, 0.3) is 0 Å². The molecule has 7 heteroatoms. The van der Waals surface area contributed by atoms with Crippen LogP contribution in [0.4, 0.5) is 5.69 Å². The van der Waals surface area contributed by atoms with E-state index >= 15 is 0 Å². The zero-order chi connectivity index (χ0) is 15.5. The van der Waals surface area contributed by atoms with Crippen LogP contribution in [0.2, 0.25) is 0 Å². The second kappa shape index (κ2) is 7.41. The first-order chi connectivity index (χ1) is 10.6. The summed E-state index contributed by atoms with van der Waals surface area (Å²) in [6, 6.07) is 9.75. The Morgan fingerprint density at radius 3 is 2.74 bits per heavy atom. The average molecular weight is 335 g/mol. The highest BCUT2D eigenvalue weighted by Crippen LogP contribution is 2.09. The number of amidine groups is 1. The van der Waals surface area contributed by atoms with Gasteiger partial charge in [-0.25, -0.2) is 10.3 Å². The fraction of sp³-hybridized carbons (Fsp3) is 0.250. The third kappa shape index (κ3) is 4.19. The van der Waals surface area contributed by atoms with Gasteiger partial charge in [0.15, 0.2) is 12.4 Å². The number of nitrogens with zero attached hydrogens (tertiary/aromatic N) is 2. The zero-order valence-electron chi connectivity index (χ0n) is 13.1. The number of benzene rings is 1. The van der Waals surface area contributed by atoms with Crippen LogP contribution in [0.1, 0.15) is 13.8 Å². The maximum Gasteiger partial charge on any atom is 0.280 e. The number of nitrogens with one attached hydrogen (secondary N) is 3. The Kier molecular flexibility index (Phi) is 5.54. The molecule has 0 spiro atoms. The number of aliphatic imine (C=N–C) groups is 1. The van der Waals surface area contributed by atoms with Crippen LogP contribution in [0.15, 0.2) is 59.5 Å². The van der Waals surface area contributed by atoms with Gasteiger partial charge in [0, 0.05) is 24.0 Å². The van der Waals surface area contributed by atoms with Crippen LogP contribution in [-0.4, -0.2) is 29.5 Å². The average Bonchev–Trinajstić information content (AvgIpc) is 2.91. The van der Waals surface area contributed by atoms with E-state index in [1.54, 1.807) is 0 Å². The number of amides is 1. The van der Waals surface area contributed by atoms with Crippen molar-refractivity contribution in [2.45, 2.75) is 19.9 Å². The number of rotatable bonds is 4. The largest absolute Gasteiger partial charge is 0.320 e. The minimum absolute atomic E-state index is 0. The molecule has 1 unspecified atom stereocenters. The number of hydrogen-bond acceptors (Lipinski definition) is 4. The van der Waals surface area contributed by atoms with E-state index in [1.807, 2.05) is 53.8 Å². The Labute approximate surface area is 141 Å². The molecule has 0 saturated heterocycles. The maximum absolute atomic E-state index is 12.3. The van der Waals surface area contributed by atoms with E-state index in [0.29, 0.717) is 18.4 Å². The van der Waals surface area contributed by atoms with E-state index in [9.17, 15) is 4.79 Å². The van der Waals surface area contributed by atoms with E-state index in [4.69, 9.17) is 0 Å². The van der Waals surface area contributed by atoms with Crippen molar-refractivity contribution in [3.05, 3.63) is 54.5 Å². The third-order valence-corrected chi connectivity index (χ3v) is 3.32. The number of para-hydroxylation sites is 1. The van der Waals surface area contributed by atoms with Gasteiger partial charge in [0.2, 0.25) is 5.84 Å². The van der Waals surface area contributed by atoms with Crippen molar-refractivity contribution in [3.8, 4) is 0 Å². The predicted molar refractivity (Wildman–Crippen MR) is 92.9 cm³/mol. The summed E-state index contributed by atoms with van der Waals surface area (Å²) in [5, 5.41) is 4.86. The number of carbonyl (C=O) groups excluding carboxylic acids is 1. The van der Waals surface area contributed by atoms with Crippen molar-refractivity contribution in [1.82, 2.24) is 10.4 Å². The second-order valence-electron chi connectivity index (χ2n) is 5.60. The Hall–Kier alpha value is -2.15. The Morgan fingerprint density at radius 2 is 2.04 bits per heavy atom. The molecule has 3 N–H and O–H groups in total. The quantitative estimate of drug-likeness (QED) is 0.766. The Balaban J connectivity index is 0.00000192. The van der Waals surface area contributed by atoms with E-state index in [-0.39, 0.29) is 18.3 Å². The smallest absolute Gasteiger partial charge is 0.280 e. The topological polar surface area (TPSA) is 61.2 Å². The van der Waals surface area contributed by atoms with Gasteiger partial charge in [-0.3, -0.25) is 9.80 Å². The highest BCUT2D eigenvalue weighted by atomic mass is 35.5. The normalized spacial score (nSPS) is 18.9. The summed E-state index contributed by atoms with van der Waals surface area (Å²) in [6.07, 6.45) is 5.73.